The molecule has 0 saturated heterocycles. The molecule has 1 aromatic carbocycles. The molecule has 1 aliphatic rings. The van der Waals surface area contributed by atoms with Crippen LogP contribution in [0.25, 0.3) is 0 Å². The normalized spacial score (nSPS) is 15.2. The Hall–Kier alpha value is -0.330. The minimum Gasteiger partial charge on any atom is -0.313 e. The van der Waals surface area contributed by atoms with E-state index in [1.165, 1.54) is 25.0 Å². The molecule has 0 atom stereocenters. The Morgan fingerprint density at radius 1 is 1.28 bits per heavy atom. The SMILES string of the molecule is Cl.O=S(=O)(NCCNC1CC1)c1cccc(Cl)c1. The minimum atomic E-state index is -3.43. The van der Waals surface area contributed by atoms with Crippen LogP contribution >= 0.6 is 24.0 Å². The van der Waals surface area contributed by atoms with Crippen LogP contribution in [0.3, 0.4) is 0 Å². The van der Waals surface area contributed by atoms with E-state index in [1.807, 2.05) is 0 Å². The fraction of sp³-hybridized carbons (Fsp3) is 0.455. The van der Waals surface area contributed by atoms with Crippen molar-refractivity contribution in [1.82, 2.24) is 10.0 Å². The number of halogens is 2. The summed E-state index contributed by atoms with van der Waals surface area (Å²) in [6.45, 7) is 1.05. The van der Waals surface area contributed by atoms with E-state index < -0.39 is 10.0 Å². The molecule has 18 heavy (non-hydrogen) atoms. The van der Waals surface area contributed by atoms with Gasteiger partial charge in [0.25, 0.3) is 0 Å². The lowest BCUT2D eigenvalue weighted by molar-refractivity contribution is 0.575. The summed E-state index contributed by atoms with van der Waals surface area (Å²) in [5.41, 5.74) is 0. The monoisotopic (exact) mass is 310 g/mol. The second-order valence-corrected chi connectivity index (χ2v) is 6.29. The molecule has 0 amide bonds. The maximum Gasteiger partial charge on any atom is 0.240 e. The molecule has 2 N–H and O–H groups in total. The predicted molar refractivity (Wildman–Crippen MR) is 74.9 cm³/mol. The van der Waals surface area contributed by atoms with Gasteiger partial charge in [-0.25, -0.2) is 13.1 Å². The second kappa shape index (κ2) is 6.73. The van der Waals surface area contributed by atoms with Crippen molar-refractivity contribution < 1.29 is 8.42 Å². The van der Waals surface area contributed by atoms with Gasteiger partial charge in [0.1, 0.15) is 0 Å². The average Bonchev–Trinajstić information content (AvgIpc) is 3.08. The summed E-state index contributed by atoms with van der Waals surface area (Å²) in [7, 11) is -3.43. The van der Waals surface area contributed by atoms with Crippen molar-refractivity contribution in [3.63, 3.8) is 0 Å². The van der Waals surface area contributed by atoms with Gasteiger partial charge in [0, 0.05) is 24.2 Å². The van der Waals surface area contributed by atoms with Crippen molar-refractivity contribution in [2.24, 2.45) is 0 Å². The second-order valence-electron chi connectivity index (χ2n) is 4.08. The lowest BCUT2D eigenvalue weighted by atomic mass is 10.4. The first-order chi connectivity index (χ1) is 8.08. The largest absolute Gasteiger partial charge is 0.313 e. The zero-order valence-electron chi connectivity index (χ0n) is 9.73. The molecule has 7 heteroatoms. The first kappa shape index (κ1) is 15.7. The molecule has 0 bridgehead atoms. The fourth-order valence-electron chi connectivity index (χ4n) is 1.47. The molecule has 0 aromatic heterocycles. The van der Waals surface area contributed by atoms with Crippen LogP contribution in [0.5, 0.6) is 0 Å². The van der Waals surface area contributed by atoms with E-state index in [1.54, 1.807) is 12.1 Å². The number of rotatable bonds is 6. The molecule has 102 valence electrons. The molecule has 1 aliphatic carbocycles. The molecule has 2 rings (SSSR count). The van der Waals surface area contributed by atoms with Crippen LogP contribution in [0.4, 0.5) is 0 Å². The maximum absolute atomic E-state index is 11.8. The predicted octanol–water partition coefficient (Wildman–Crippen LogP) is 1.79. The molecule has 0 spiro atoms. The lowest BCUT2D eigenvalue weighted by Crippen LogP contribution is -2.32. The standard InChI is InChI=1S/C11H15ClN2O2S.ClH/c12-9-2-1-3-11(8-9)17(15,16)14-7-6-13-10-4-5-10;/h1-3,8,10,13-14H,4-7H2;1H. The van der Waals surface area contributed by atoms with Gasteiger partial charge in [-0.3, -0.25) is 0 Å². The summed E-state index contributed by atoms with van der Waals surface area (Å²) in [6, 6.07) is 6.83. The highest BCUT2D eigenvalue weighted by Crippen LogP contribution is 2.18. The van der Waals surface area contributed by atoms with Gasteiger partial charge in [-0.2, -0.15) is 0 Å². The smallest absolute Gasteiger partial charge is 0.240 e. The summed E-state index contributed by atoms with van der Waals surface area (Å²) in [4.78, 5) is 0.205. The van der Waals surface area contributed by atoms with Gasteiger partial charge in [-0.15, -0.1) is 12.4 Å². The summed E-state index contributed by atoms with van der Waals surface area (Å²) < 4.78 is 26.2. The number of benzene rings is 1. The minimum absolute atomic E-state index is 0. The van der Waals surface area contributed by atoms with Crippen molar-refractivity contribution >= 4 is 34.0 Å². The maximum atomic E-state index is 11.8. The molecule has 1 saturated carbocycles. The molecule has 1 fully saturated rings. The molecular weight excluding hydrogens is 295 g/mol. The zero-order chi connectivity index (χ0) is 12.3. The lowest BCUT2D eigenvalue weighted by Gasteiger charge is -2.07. The molecular formula is C11H16Cl2N2O2S. The molecule has 1 aromatic rings. The van der Waals surface area contributed by atoms with Crippen LogP contribution in [0.2, 0.25) is 5.02 Å². The first-order valence-electron chi connectivity index (χ1n) is 5.56. The summed E-state index contributed by atoms with van der Waals surface area (Å²) in [6.07, 6.45) is 2.39. The van der Waals surface area contributed by atoms with E-state index in [0.29, 0.717) is 24.2 Å². The van der Waals surface area contributed by atoms with Crippen molar-refractivity contribution in [2.45, 2.75) is 23.8 Å². The third kappa shape index (κ3) is 4.74. The van der Waals surface area contributed by atoms with Gasteiger partial charge in [-0.1, -0.05) is 17.7 Å². The average molecular weight is 311 g/mol. The van der Waals surface area contributed by atoms with Gasteiger partial charge in [-0.05, 0) is 31.0 Å². The quantitative estimate of drug-likeness (QED) is 0.788. The van der Waals surface area contributed by atoms with E-state index in [2.05, 4.69) is 10.0 Å². The van der Waals surface area contributed by atoms with Crippen LogP contribution < -0.4 is 10.0 Å². The van der Waals surface area contributed by atoms with Crippen LogP contribution in [0.1, 0.15) is 12.8 Å². The molecule has 0 aliphatic heterocycles. The van der Waals surface area contributed by atoms with Crippen molar-refractivity contribution in [2.75, 3.05) is 13.1 Å². The topological polar surface area (TPSA) is 58.2 Å². The van der Waals surface area contributed by atoms with Gasteiger partial charge in [0.15, 0.2) is 0 Å². The number of hydrogen-bond acceptors (Lipinski definition) is 3. The van der Waals surface area contributed by atoms with Crippen LogP contribution in [0, 0.1) is 0 Å². The molecule has 0 radical (unpaired) electrons. The van der Waals surface area contributed by atoms with Gasteiger partial charge in [0.05, 0.1) is 4.90 Å². The highest BCUT2D eigenvalue weighted by Gasteiger charge is 2.20. The van der Waals surface area contributed by atoms with Gasteiger partial charge < -0.3 is 5.32 Å². The van der Waals surface area contributed by atoms with E-state index in [4.69, 9.17) is 11.6 Å². The number of hydrogen-bond donors (Lipinski definition) is 2. The summed E-state index contributed by atoms with van der Waals surface area (Å²) >= 11 is 5.76. The van der Waals surface area contributed by atoms with Crippen molar-refractivity contribution in [3.05, 3.63) is 29.3 Å². The van der Waals surface area contributed by atoms with Crippen LogP contribution in [-0.4, -0.2) is 27.5 Å². The van der Waals surface area contributed by atoms with Crippen LogP contribution in [0.15, 0.2) is 29.2 Å². The fourth-order valence-corrected chi connectivity index (χ4v) is 2.80. The van der Waals surface area contributed by atoms with Crippen molar-refractivity contribution in [3.8, 4) is 0 Å². The number of nitrogens with one attached hydrogen (secondary N) is 2. The zero-order valence-corrected chi connectivity index (χ0v) is 12.1. The first-order valence-corrected chi connectivity index (χ1v) is 7.43. The summed E-state index contributed by atoms with van der Waals surface area (Å²) in [5.74, 6) is 0. The van der Waals surface area contributed by atoms with Crippen LogP contribution in [-0.2, 0) is 10.0 Å². The molecule has 0 heterocycles. The van der Waals surface area contributed by atoms with Gasteiger partial charge >= 0.3 is 0 Å². The third-order valence-electron chi connectivity index (χ3n) is 2.53. The third-order valence-corrected chi connectivity index (χ3v) is 4.23. The Labute approximate surface area is 119 Å². The van der Waals surface area contributed by atoms with E-state index in [9.17, 15) is 8.42 Å². The van der Waals surface area contributed by atoms with E-state index in [0.717, 1.165) is 0 Å². The highest BCUT2D eigenvalue weighted by atomic mass is 35.5. The van der Waals surface area contributed by atoms with Crippen molar-refractivity contribution in [1.29, 1.82) is 0 Å². The molecule has 4 nitrogen and oxygen atoms in total. The van der Waals surface area contributed by atoms with E-state index in [-0.39, 0.29) is 17.3 Å². The Morgan fingerprint density at radius 2 is 2.00 bits per heavy atom. The Kier molecular flexibility index (Phi) is 5.88. The van der Waals surface area contributed by atoms with E-state index >= 15 is 0 Å². The summed E-state index contributed by atoms with van der Waals surface area (Å²) in [5, 5.41) is 3.66. The molecule has 0 unspecified atom stereocenters. The number of sulfonamides is 1. The Bertz CT molecular complexity index is 490. The highest BCUT2D eigenvalue weighted by molar-refractivity contribution is 7.89. The Balaban J connectivity index is 0.00000162. The Morgan fingerprint density at radius 3 is 2.61 bits per heavy atom. The van der Waals surface area contributed by atoms with Gasteiger partial charge in [0.2, 0.25) is 10.0 Å².